The van der Waals surface area contributed by atoms with Crippen molar-refractivity contribution in [1.29, 1.82) is 0 Å². The Morgan fingerprint density at radius 1 is 1.38 bits per heavy atom. The average Bonchev–Trinajstić information content (AvgIpc) is 2.06. The van der Waals surface area contributed by atoms with Crippen molar-refractivity contribution in [3.05, 3.63) is 29.3 Å². The van der Waals surface area contributed by atoms with Crippen LogP contribution in [-0.4, -0.2) is 5.91 Å². The Morgan fingerprint density at radius 3 is 2.46 bits per heavy atom. The summed E-state index contributed by atoms with van der Waals surface area (Å²) < 4.78 is 0. The fraction of sp³-hybridized carbons (Fsp3) is 0.300. The van der Waals surface area contributed by atoms with E-state index in [1.807, 2.05) is 13.8 Å². The first-order valence-electron chi connectivity index (χ1n) is 4.21. The molecule has 0 atom stereocenters. The van der Waals surface area contributed by atoms with E-state index in [1.165, 1.54) is 6.92 Å². The van der Waals surface area contributed by atoms with Crippen molar-refractivity contribution in [3.63, 3.8) is 0 Å². The van der Waals surface area contributed by atoms with E-state index >= 15 is 0 Å². The van der Waals surface area contributed by atoms with Crippen LogP contribution in [0.1, 0.15) is 20.8 Å². The first-order valence-corrected chi connectivity index (χ1v) is 4.59. The molecule has 0 aliphatic heterocycles. The minimum Gasteiger partial charge on any atom is -0.326 e. The Kier molecular flexibility index (Phi) is 5.98. The highest BCUT2D eigenvalue weighted by molar-refractivity contribution is 6.30. The third-order valence-electron chi connectivity index (χ3n) is 1.14. The minimum absolute atomic E-state index is 0.0905. The van der Waals surface area contributed by atoms with Gasteiger partial charge in [-0.2, -0.15) is 0 Å². The molecule has 0 aliphatic rings. The summed E-state index contributed by atoms with van der Waals surface area (Å²) in [5.41, 5.74) is 0.727. The Labute approximate surface area is 83.9 Å². The topological polar surface area (TPSA) is 29.1 Å². The molecule has 1 N–H and O–H groups in total. The molecule has 1 aromatic carbocycles. The molecule has 0 heterocycles. The Morgan fingerprint density at radius 2 is 2.00 bits per heavy atom. The van der Waals surface area contributed by atoms with Crippen LogP contribution in [0.15, 0.2) is 24.3 Å². The van der Waals surface area contributed by atoms with E-state index < -0.39 is 0 Å². The normalized spacial score (nSPS) is 8.31. The minimum atomic E-state index is -0.0905. The number of amides is 1. The van der Waals surface area contributed by atoms with Gasteiger partial charge in [0.2, 0.25) is 5.91 Å². The number of nitrogens with one attached hydrogen (secondary N) is 1. The third kappa shape index (κ3) is 5.26. The van der Waals surface area contributed by atoms with Gasteiger partial charge in [-0.1, -0.05) is 31.5 Å². The van der Waals surface area contributed by atoms with E-state index in [2.05, 4.69) is 5.32 Å². The number of anilines is 1. The maximum atomic E-state index is 10.6. The molecular formula is C10H14ClNO. The highest BCUT2D eigenvalue weighted by Crippen LogP contribution is 2.14. The monoisotopic (exact) mass is 199 g/mol. The molecule has 72 valence electrons. The number of benzene rings is 1. The molecule has 1 aromatic rings. The molecular weight excluding hydrogens is 186 g/mol. The molecule has 0 spiro atoms. The summed E-state index contributed by atoms with van der Waals surface area (Å²) in [6, 6.07) is 7.02. The first kappa shape index (κ1) is 12.0. The summed E-state index contributed by atoms with van der Waals surface area (Å²) in [4.78, 5) is 10.6. The number of carbonyl (C=O) groups is 1. The average molecular weight is 200 g/mol. The molecule has 13 heavy (non-hydrogen) atoms. The lowest BCUT2D eigenvalue weighted by Crippen LogP contribution is -2.05. The lowest BCUT2D eigenvalue weighted by atomic mass is 10.3. The molecule has 0 radical (unpaired) electrons. The molecule has 1 amide bonds. The third-order valence-corrected chi connectivity index (χ3v) is 1.38. The van der Waals surface area contributed by atoms with Crippen LogP contribution in [0.25, 0.3) is 0 Å². The van der Waals surface area contributed by atoms with Gasteiger partial charge < -0.3 is 5.32 Å². The fourth-order valence-electron chi connectivity index (χ4n) is 0.769. The lowest BCUT2D eigenvalue weighted by molar-refractivity contribution is -0.114. The predicted octanol–water partition coefficient (Wildman–Crippen LogP) is 3.32. The van der Waals surface area contributed by atoms with Crippen LogP contribution in [0.2, 0.25) is 5.02 Å². The molecule has 0 aliphatic carbocycles. The van der Waals surface area contributed by atoms with Gasteiger partial charge in [-0.05, 0) is 18.2 Å². The molecule has 0 unspecified atom stereocenters. The lowest BCUT2D eigenvalue weighted by Gasteiger charge is -2.00. The highest BCUT2D eigenvalue weighted by atomic mass is 35.5. The van der Waals surface area contributed by atoms with E-state index in [4.69, 9.17) is 11.6 Å². The van der Waals surface area contributed by atoms with Crippen molar-refractivity contribution in [2.24, 2.45) is 0 Å². The van der Waals surface area contributed by atoms with Crippen molar-refractivity contribution < 1.29 is 4.79 Å². The van der Waals surface area contributed by atoms with Crippen LogP contribution < -0.4 is 5.32 Å². The summed E-state index contributed by atoms with van der Waals surface area (Å²) in [7, 11) is 0. The molecule has 3 heteroatoms. The van der Waals surface area contributed by atoms with Crippen molar-refractivity contribution >= 4 is 23.2 Å². The van der Waals surface area contributed by atoms with Gasteiger partial charge in [-0.25, -0.2) is 0 Å². The maximum Gasteiger partial charge on any atom is 0.221 e. The second-order valence-corrected chi connectivity index (χ2v) is 2.63. The first-order chi connectivity index (χ1) is 6.18. The number of halogens is 1. The highest BCUT2D eigenvalue weighted by Gasteiger charge is 1.94. The molecule has 0 bridgehead atoms. The molecule has 1 rings (SSSR count). The maximum absolute atomic E-state index is 10.6. The van der Waals surface area contributed by atoms with Crippen LogP contribution in [0.3, 0.4) is 0 Å². The van der Waals surface area contributed by atoms with Crippen molar-refractivity contribution in [3.8, 4) is 0 Å². The molecule has 0 fully saturated rings. The van der Waals surface area contributed by atoms with Gasteiger partial charge in [0.15, 0.2) is 0 Å². The molecule has 0 saturated carbocycles. The van der Waals surface area contributed by atoms with Crippen molar-refractivity contribution in [2.75, 3.05) is 5.32 Å². The molecule has 0 saturated heterocycles. The summed E-state index contributed by atoms with van der Waals surface area (Å²) in [5.74, 6) is -0.0905. The van der Waals surface area contributed by atoms with E-state index in [9.17, 15) is 4.79 Å². The van der Waals surface area contributed by atoms with Crippen molar-refractivity contribution in [1.82, 2.24) is 0 Å². The zero-order valence-electron chi connectivity index (χ0n) is 8.10. The van der Waals surface area contributed by atoms with Crippen molar-refractivity contribution in [2.45, 2.75) is 20.8 Å². The quantitative estimate of drug-likeness (QED) is 0.739. The second kappa shape index (κ2) is 6.49. The summed E-state index contributed by atoms with van der Waals surface area (Å²) >= 11 is 5.68. The Hall–Kier alpha value is -1.02. The predicted molar refractivity (Wildman–Crippen MR) is 57.1 cm³/mol. The zero-order chi connectivity index (χ0) is 10.3. The summed E-state index contributed by atoms with van der Waals surface area (Å²) in [6.45, 7) is 5.46. The van der Waals surface area contributed by atoms with E-state index in [-0.39, 0.29) is 5.91 Å². The summed E-state index contributed by atoms with van der Waals surface area (Å²) in [5, 5.41) is 3.24. The molecule has 2 nitrogen and oxygen atoms in total. The van der Waals surface area contributed by atoms with Crippen LogP contribution >= 0.6 is 11.6 Å². The number of carbonyl (C=O) groups excluding carboxylic acids is 1. The van der Waals surface area contributed by atoms with Crippen LogP contribution in [0, 0.1) is 0 Å². The van der Waals surface area contributed by atoms with Gasteiger partial charge in [0, 0.05) is 17.6 Å². The van der Waals surface area contributed by atoms with Crippen LogP contribution in [0.5, 0.6) is 0 Å². The smallest absolute Gasteiger partial charge is 0.221 e. The van der Waals surface area contributed by atoms with E-state index in [0.717, 1.165) is 5.69 Å². The van der Waals surface area contributed by atoms with Gasteiger partial charge in [-0.15, -0.1) is 0 Å². The molecule has 0 aromatic heterocycles. The van der Waals surface area contributed by atoms with Gasteiger partial charge in [0.1, 0.15) is 0 Å². The van der Waals surface area contributed by atoms with Crippen LogP contribution in [-0.2, 0) is 4.79 Å². The van der Waals surface area contributed by atoms with E-state index in [1.54, 1.807) is 24.3 Å². The van der Waals surface area contributed by atoms with Crippen LogP contribution in [0.4, 0.5) is 5.69 Å². The SMILES string of the molecule is CC.CC(=O)Nc1cccc(Cl)c1. The number of hydrogen-bond donors (Lipinski definition) is 1. The second-order valence-electron chi connectivity index (χ2n) is 2.19. The number of rotatable bonds is 1. The fourth-order valence-corrected chi connectivity index (χ4v) is 0.960. The van der Waals surface area contributed by atoms with E-state index in [0.29, 0.717) is 5.02 Å². The Bertz CT molecular complexity index is 273. The Balaban J connectivity index is 0.000000671. The standard InChI is InChI=1S/C8H8ClNO.C2H6/c1-6(11)10-8-4-2-3-7(9)5-8;1-2/h2-5H,1H3,(H,10,11);1-2H3. The van der Waals surface area contributed by atoms with Gasteiger partial charge in [-0.3, -0.25) is 4.79 Å². The van der Waals surface area contributed by atoms with Gasteiger partial charge in [0.05, 0.1) is 0 Å². The van der Waals surface area contributed by atoms with Gasteiger partial charge >= 0.3 is 0 Å². The van der Waals surface area contributed by atoms with Gasteiger partial charge in [0.25, 0.3) is 0 Å². The summed E-state index contributed by atoms with van der Waals surface area (Å²) in [6.07, 6.45) is 0. The zero-order valence-corrected chi connectivity index (χ0v) is 8.85. The largest absolute Gasteiger partial charge is 0.326 e. The number of hydrogen-bond acceptors (Lipinski definition) is 1.